The van der Waals surface area contributed by atoms with Gasteiger partial charge in [0.15, 0.2) is 5.78 Å². The van der Waals surface area contributed by atoms with Crippen LogP contribution in [0.1, 0.15) is 6.42 Å². The molecule has 1 heteroatoms. The van der Waals surface area contributed by atoms with E-state index < -0.39 is 0 Å². The number of carbonyl (C=O) groups is 1. The van der Waals surface area contributed by atoms with Crippen molar-refractivity contribution in [2.24, 2.45) is 0 Å². The van der Waals surface area contributed by atoms with Crippen LogP contribution in [0, 0.1) is 11.8 Å². The van der Waals surface area contributed by atoms with Crippen LogP contribution in [-0.2, 0) is 4.79 Å². The zero-order valence-electron chi connectivity index (χ0n) is 3.77. The fourth-order valence-electron chi connectivity index (χ4n) is 0.391. The van der Waals surface area contributed by atoms with Gasteiger partial charge >= 0.3 is 0 Å². The minimum absolute atomic E-state index is 0.110. The van der Waals surface area contributed by atoms with Crippen LogP contribution in [0.5, 0.6) is 0 Å². The largest absolute Gasteiger partial charge is 0.294 e. The topological polar surface area (TPSA) is 17.1 Å². The number of rotatable bonds is 0. The van der Waals surface area contributed by atoms with E-state index in [1.54, 1.807) is 6.08 Å². The Labute approximate surface area is 42.0 Å². The summed E-state index contributed by atoms with van der Waals surface area (Å²) in [4.78, 5) is 10.3. The van der Waals surface area contributed by atoms with Gasteiger partial charge in [0.1, 0.15) is 0 Å². The second-order valence-electron chi connectivity index (χ2n) is 1.30. The van der Waals surface area contributed by atoms with Crippen molar-refractivity contribution in [2.75, 3.05) is 0 Å². The van der Waals surface area contributed by atoms with Gasteiger partial charge in [-0.2, -0.15) is 0 Å². The molecule has 0 unspecified atom stereocenters. The Morgan fingerprint density at radius 3 is 2.86 bits per heavy atom. The van der Waals surface area contributed by atoms with E-state index in [0.717, 1.165) is 0 Å². The molecule has 0 spiro atoms. The minimum Gasteiger partial charge on any atom is -0.294 e. The molecule has 0 fully saturated rings. The van der Waals surface area contributed by atoms with Crippen molar-refractivity contribution < 1.29 is 4.79 Å². The number of allylic oxidation sites excluding steroid dienone is 2. The Morgan fingerprint density at radius 2 is 2.57 bits per heavy atom. The van der Waals surface area contributed by atoms with Crippen molar-refractivity contribution in [3.8, 4) is 11.8 Å². The molecular formula is C6H4O. The Kier molecular flexibility index (Phi) is 0.953. The predicted octanol–water partition coefficient (Wildman–Crippen LogP) is 0.519. The van der Waals surface area contributed by atoms with Gasteiger partial charge in [-0.05, 0) is 12.2 Å². The van der Waals surface area contributed by atoms with Crippen molar-refractivity contribution in [2.45, 2.75) is 6.42 Å². The summed E-state index contributed by atoms with van der Waals surface area (Å²) in [5.74, 6) is 5.42. The SMILES string of the molecule is O=C1C=CC#CC1. The van der Waals surface area contributed by atoms with Crippen LogP contribution >= 0.6 is 0 Å². The van der Waals surface area contributed by atoms with Crippen molar-refractivity contribution in [3.63, 3.8) is 0 Å². The molecule has 0 N–H and O–H groups in total. The first-order valence-electron chi connectivity index (χ1n) is 2.07. The second-order valence-corrected chi connectivity index (χ2v) is 1.30. The summed E-state index contributed by atoms with van der Waals surface area (Å²) >= 11 is 0. The molecule has 0 amide bonds. The molecule has 1 nitrogen and oxygen atoms in total. The number of carbonyl (C=O) groups excluding carboxylic acids is 1. The third kappa shape index (κ3) is 0.902. The Bertz CT molecular complexity index is 166. The maximum atomic E-state index is 10.3. The van der Waals surface area contributed by atoms with E-state index in [1.807, 2.05) is 0 Å². The summed E-state index contributed by atoms with van der Waals surface area (Å²) in [6, 6.07) is 0. The normalized spacial score (nSPS) is 15.7. The first-order chi connectivity index (χ1) is 3.39. The van der Waals surface area contributed by atoms with Gasteiger partial charge in [-0.3, -0.25) is 4.79 Å². The minimum atomic E-state index is 0.110. The summed E-state index contributed by atoms with van der Waals surface area (Å²) in [5, 5.41) is 0. The van der Waals surface area contributed by atoms with E-state index >= 15 is 0 Å². The molecule has 1 aliphatic rings. The fraction of sp³-hybridized carbons (Fsp3) is 0.167. The monoisotopic (exact) mass is 92.0 g/mol. The number of ketones is 1. The Morgan fingerprint density at radius 1 is 1.71 bits per heavy atom. The molecule has 0 heterocycles. The highest BCUT2D eigenvalue weighted by atomic mass is 16.1. The lowest BCUT2D eigenvalue weighted by molar-refractivity contribution is -0.113. The standard InChI is InChI=1S/C6H4O/c7-6-4-2-1-3-5-6/h2,4H,5H2. The van der Waals surface area contributed by atoms with Crippen LogP contribution in [0.15, 0.2) is 12.2 Å². The molecule has 0 saturated carbocycles. The maximum Gasteiger partial charge on any atom is 0.168 e. The number of hydrogen-bond donors (Lipinski definition) is 0. The molecular weight excluding hydrogens is 88.1 g/mol. The Hall–Kier alpha value is -1.03. The van der Waals surface area contributed by atoms with Crippen molar-refractivity contribution in [1.82, 2.24) is 0 Å². The summed E-state index contributed by atoms with van der Waals surface area (Å²) in [6.45, 7) is 0. The maximum absolute atomic E-state index is 10.3. The molecule has 0 aromatic heterocycles. The lowest BCUT2D eigenvalue weighted by Gasteiger charge is -1.84. The fourth-order valence-corrected chi connectivity index (χ4v) is 0.391. The summed E-state index contributed by atoms with van der Waals surface area (Å²) in [6.07, 6.45) is 3.47. The van der Waals surface area contributed by atoms with Crippen molar-refractivity contribution >= 4 is 5.78 Å². The van der Waals surface area contributed by atoms with Gasteiger partial charge < -0.3 is 0 Å². The van der Waals surface area contributed by atoms with Gasteiger partial charge in [0, 0.05) is 0 Å². The molecule has 7 heavy (non-hydrogen) atoms. The average molecular weight is 92.1 g/mol. The van der Waals surface area contributed by atoms with Crippen LogP contribution < -0.4 is 0 Å². The Balaban J connectivity index is 2.76. The van der Waals surface area contributed by atoms with Crippen LogP contribution in [0.3, 0.4) is 0 Å². The predicted molar refractivity (Wildman–Crippen MR) is 26.5 cm³/mol. The summed E-state index contributed by atoms with van der Waals surface area (Å²) in [7, 11) is 0. The molecule has 0 radical (unpaired) electrons. The van der Waals surface area contributed by atoms with Gasteiger partial charge in [0.25, 0.3) is 0 Å². The van der Waals surface area contributed by atoms with Crippen LogP contribution in [0.25, 0.3) is 0 Å². The van der Waals surface area contributed by atoms with E-state index in [0.29, 0.717) is 6.42 Å². The van der Waals surface area contributed by atoms with E-state index in [1.165, 1.54) is 6.08 Å². The van der Waals surface area contributed by atoms with Crippen LogP contribution in [0.2, 0.25) is 0 Å². The average Bonchev–Trinajstić information content (AvgIpc) is 1.69. The molecule has 1 rings (SSSR count). The zero-order valence-corrected chi connectivity index (χ0v) is 3.77. The second kappa shape index (κ2) is 1.61. The molecule has 0 aromatic carbocycles. The smallest absolute Gasteiger partial charge is 0.168 e. The zero-order chi connectivity index (χ0) is 5.11. The lowest BCUT2D eigenvalue weighted by atomic mass is 10.2. The third-order valence-electron chi connectivity index (χ3n) is 0.717. The van der Waals surface area contributed by atoms with Crippen LogP contribution in [0.4, 0.5) is 0 Å². The van der Waals surface area contributed by atoms with Crippen molar-refractivity contribution in [1.29, 1.82) is 0 Å². The molecule has 0 aromatic rings. The summed E-state index contributed by atoms with van der Waals surface area (Å²) < 4.78 is 0. The van der Waals surface area contributed by atoms with E-state index in [2.05, 4.69) is 11.8 Å². The van der Waals surface area contributed by atoms with Gasteiger partial charge in [-0.25, -0.2) is 0 Å². The molecule has 1 aliphatic carbocycles. The third-order valence-corrected chi connectivity index (χ3v) is 0.717. The molecule has 0 atom stereocenters. The van der Waals surface area contributed by atoms with E-state index in [4.69, 9.17) is 0 Å². The van der Waals surface area contributed by atoms with E-state index in [-0.39, 0.29) is 5.78 Å². The van der Waals surface area contributed by atoms with E-state index in [9.17, 15) is 4.79 Å². The highest BCUT2D eigenvalue weighted by Gasteiger charge is 1.91. The number of hydrogen-bond acceptors (Lipinski definition) is 1. The quantitative estimate of drug-likeness (QED) is 0.398. The van der Waals surface area contributed by atoms with Crippen molar-refractivity contribution in [3.05, 3.63) is 12.2 Å². The van der Waals surface area contributed by atoms with Gasteiger partial charge in [0.2, 0.25) is 0 Å². The first-order valence-corrected chi connectivity index (χ1v) is 2.07. The molecule has 34 valence electrons. The van der Waals surface area contributed by atoms with Gasteiger partial charge in [0.05, 0.1) is 6.42 Å². The van der Waals surface area contributed by atoms with Gasteiger partial charge in [-0.15, -0.1) is 0 Å². The van der Waals surface area contributed by atoms with Crippen LogP contribution in [-0.4, -0.2) is 5.78 Å². The van der Waals surface area contributed by atoms with Gasteiger partial charge in [-0.1, -0.05) is 11.8 Å². The molecule has 0 bridgehead atoms. The molecule has 0 saturated heterocycles. The highest BCUT2D eigenvalue weighted by molar-refractivity contribution is 5.93. The highest BCUT2D eigenvalue weighted by Crippen LogP contribution is 1.87. The lowest BCUT2D eigenvalue weighted by Crippen LogP contribution is -1.90. The summed E-state index contributed by atoms with van der Waals surface area (Å²) in [5.41, 5.74) is 0. The first kappa shape index (κ1) is 4.14. The molecule has 0 aliphatic heterocycles.